The summed E-state index contributed by atoms with van der Waals surface area (Å²) >= 11 is 0. The summed E-state index contributed by atoms with van der Waals surface area (Å²) in [5.41, 5.74) is 1.39. The van der Waals surface area contributed by atoms with Crippen LogP contribution in [0.2, 0.25) is 0 Å². The molecule has 30 heavy (non-hydrogen) atoms. The minimum absolute atomic E-state index is 0.0700. The lowest BCUT2D eigenvalue weighted by atomic mass is 10.00. The number of halogens is 3. The monoisotopic (exact) mass is 424 g/mol. The first-order valence-corrected chi connectivity index (χ1v) is 8.79. The first kappa shape index (κ1) is 22.9. The molecule has 2 aromatic carbocycles. The van der Waals surface area contributed by atoms with E-state index in [9.17, 15) is 18.0 Å². The van der Waals surface area contributed by atoms with Gasteiger partial charge in [0, 0.05) is 13.1 Å². The maximum Gasteiger partial charge on any atom is 0.418 e. The third kappa shape index (κ3) is 6.59. The highest BCUT2D eigenvalue weighted by Gasteiger charge is 2.33. The lowest BCUT2D eigenvalue weighted by molar-refractivity contribution is -0.159. The Morgan fingerprint density at radius 2 is 1.50 bits per heavy atom. The summed E-state index contributed by atoms with van der Waals surface area (Å²) in [6, 6.07) is 13.0. The zero-order chi connectivity index (χ0) is 22.3. The molecule has 0 atom stereocenters. The number of para-hydroxylation sites is 1. The number of carboxylic acid groups (broad SMARTS) is 2. The van der Waals surface area contributed by atoms with Crippen LogP contribution < -0.4 is 5.32 Å². The number of alkyl halides is 3. The number of amides is 1. The standard InChI is InChI=1S/C18H17F3N2O.C2H2O4/c19-18(20,21)15-7-3-4-8-16(15)22-17(24)12-23-10-9-13-5-1-2-6-14(13)11-23;3-1(4)2(5)6/h1-8H,9-12H2,(H,22,24);(H,3,4)(H,5,6). The lowest BCUT2D eigenvalue weighted by Gasteiger charge is -2.28. The molecule has 0 radical (unpaired) electrons. The van der Waals surface area contributed by atoms with Crippen molar-refractivity contribution in [2.24, 2.45) is 0 Å². The molecule has 1 aliphatic rings. The molecular formula is C20H19F3N2O5. The highest BCUT2D eigenvalue weighted by molar-refractivity contribution is 6.27. The average Bonchev–Trinajstić information content (AvgIpc) is 2.68. The SMILES string of the molecule is O=C(CN1CCc2ccccc2C1)Nc1ccccc1C(F)(F)F.O=C(O)C(=O)O. The molecule has 0 bridgehead atoms. The van der Waals surface area contributed by atoms with Crippen LogP contribution in [0.15, 0.2) is 48.5 Å². The van der Waals surface area contributed by atoms with Crippen LogP contribution in [0.25, 0.3) is 0 Å². The van der Waals surface area contributed by atoms with Crippen molar-refractivity contribution in [1.82, 2.24) is 4.90 Å². The van der Waals surface area contributed by atoms with Gasteiger partial charge in [0.25, 0.3) is 0 Å². The van der Waals surface area contributed by atoms with Gasteiger partial charge < -0.3 is 15.5 Å². The Morgan fingerprint density at radius 3 is 2.10 bits per heavy atom. The topological polar surface area (TPSA) is 107 Å². The molecule has 0 saturated heterocycles. The summed E-state index contributed by atoms with van der Waals surface area (Å²) in [6.45, 7) is 1.41. The van der Waals surface area contributed by atoms with Crippen LogP contribution in [0.1, 0.15) is 16.7 Å². The number of hydrogen-bond donors (Lipinski definition) is 3. The number of carboxylic acids is 2. The summed E-state index contributed by atoms with van der Waals surface area (Å²) in [5.74, 6) is -4.09. The largest absolute Gasteiger partial charge is 0.473 e. The molecule has 1 aliphatic heterocycles. The second kappa shape index (κ2) is 9.88. The number of aliphatic carboxylic acids is 2. The molecule has 3 N–H and O–H groups in total. The van der Waals surface area contributed by atoms with Crippen molar-refractivity contribution in [3.63, 3.8) is 0 Å². The van der Waals surface area contributed by atoms with Gasteiger partial charge in [-0.15, -0.1) is 0 Å². The number of carbonyl (C=O) groups excluding carboxylic acids is 1. The molecule has 0 fully saturated rings. The van der Waals surface area contributed by atoms with Crippen LogP contribution in [-0.4, -0.2) is 46.0 Å². The predicted molar refractivity (Wildman–Crippen MR) is 101 cm³/mol. The summed E-state index contributed by atoms with van der Waals surface area (Å²) in [5, 5.41) is 17.2. The number of nitrogens with zero attached hydrogens (tertiary/aromatic N) is 1. The van der Waals surface area contributed by atoms with Crippen molar-refractivity contribution < 1.29 is 37.8 Å². The molecule has 7 nitrogen and oxygen atoms in total. The Bertz CT molecular complexity index is 919. The number of hydrogen-bond acceptors (Lipinski definition) is 4. The van der Waals surface area contributed by atoms with E-state index in [2.05, 4.69) is 11.4 Å². The third-order valence-corrected chi connectivity index (χ3v) is 4.27. The maximum absolute atomic E-state index is 13.0. The van der Waals surface area contributed by atoms with Gasteiger partial charge in [-0.25, -0.2) is 9.59 Å². The Balaban J connectivity index is 0.000000469. The van der Waals surface area contributed by atoms with Crippen molar-refractivity contribution in [3.05, 3.63) is 65.2 Å². The molecule has 1 amide bonds. The van der Waals surface area contributed by atoms with E-state index in [1.807, 2.05) is 23.1 Å². The number of anilines is 1. The fourth-order valence-corrected chi connectivity index (χ4v) is 2.92. The fourth-order valence-electron chi connectivity index (χ4n) is 2.92. The Hall–Kier alpha value is -3.40. The van der Waals surface area contributed by atoms with Crippen LogP contribution in [0.3, 0.4) is 0 Å². The summed E-state index contributed by atoms with van der Waals surface area (Å²) in [6.07, 6.45) is -3.66. The van der Waals surface area contributed by atoms with Crippen LogP contribution in [-0.2, 0) is 33.5 Å². The fraction of sp³-hybridized carbons (Fsp3) is 0.250. The molecule has 0 aliphatic carbocycles. The van der Waals surface area contributed by atoms with Gasteiger partial charge >= 0.3 is 18.1 Å². The van der Waals surface area contributed by atoms with E-state index in [1.165, 1.54) is 23.8 Å². The minimum Gasteiger partial charge on any atom is -0.473 e. The zero-order valence-electron chi connectivity index (χ0n) is 15.6. The van der Waals surface area contributed by atoms with E-state index in [0.717, 1.165) is 18.1 Å². The molecule has 0 aromatic heterocycles. The first-order valence-electron chi connectivity index (χ1n) is 8.79. The Kier molecular flexibility index (Phi) is 7.54. The molecule has 160 valence electrons. The normalized spacial score (nSPS) is 13.4. The van der Waals surface area contributed by atoms with E-state index in [4.69, 9.17) is 19.8 Å². The Morgan fingerprint density at radius 1 is 0.933 bits per heavy atom. The highest BCUT2D eigenvalue weighted by atomic mass is 19.4. The van der Waals surface area contributed by atoms with Gasteiger partial charge in [0.05, 0.1) is 17.8 Å². The van der Waals surface area contributed by atoms with E-state index >= 15 is 0 Å². The van der Waals surface area contributed by atoms with E-state index < -0.39 is 29.6 Å². The van der Waals surface area contributed by atoms with Gasteiger partial charge in [0.15, 0.2) is 0 Å². The number of benzene rings is 2. The van der Waals surface area contributed by atoms with E-state index in [0.29, 0.717) is 13.1 Å². The van der Waals surface area contributed by atoms with Gasteiger partial charge in [-0.1, -0.05) is 36.4 Å². The van der Waals surface area contributed by atoms with Crippen molar-refractivity contribution in [2.45, 2.75) is 19.1 Å². The van der Waals surface area contributed by atoms with E-state index in [1.54, 1.807) is 0 Å². The van der Waals surface area contributed by atoms with Crippen LogP contribution in [0.5, 0.6) is 0 Å². The van der Waals surface area contributed by atoms with Crippen molar-refractivity contribution in [2.75, 3.05) is 18.4 Å². The third-order valence-electron chi connectivity index (χ3n) is 4.27. The van der Waals surface area contributed by atoms with Crippen molar-refractivity contribution >= 4 is 23.5 Å². The maximum atomic E-state index is 13.0. The van der Waals surface area contributed by atoms with Gasteiger partial charge in [-0.3, -0.25) is 9.69 Å². The van der Waals surface area contributed by atoms with Crippen LogP contribution in [0.4, 0.5) is 18.9 Å². The number of fused-ring (bicyclic) bond motifs is 1. The summed E-state index contributed by atoms with van der Waals surface area (Å²) < 4.78 is 38.9. The van der Waals surface area contributed by atoms with Crippen molar-refractivity contribution in [1.29, 1.82) is 0 Å². The molecule has 0 saturated carbocycles. The molecule has 1 heterocycles. The second-order valence-corrected chi connectivity index (χ2v) is 6.43. The molecule has 3 rings (SSSR count). The number of rotatable bonds is 3. The molecular weight excluding hydrogens is 405 g/mol. The molecule has 2 aromatic rings. The van der Waals surface area contributed by atoms with Gasteiger partial charge in [0.1, 0.15) is 0 Å². The Labute approximate surface area is 169 Å². The average molecular weight is 424 g/mol. The quantitative estimate of drug-likeness (QED) is 0.655. The van der Waals surface area contributed by atoms with Crippen molar-refractivity contribution in [3.8, 4) is 0 Å². The van der Waals surface area contributed by atoms with Gasteiger partial charge in [-0.05, 0) is 29.7 Å². The lowest BCUT2D eigenvalue weighted by Crippen LogP contribution is -2.37. The van der Waals surface area contributed by atoms with Crippen LogP contribution >= 0.6 is 0 Å². The second-order valence-electron chi connectivity index (χ2n) is 6.43. The molecule has 0 spiro atoms. The number of carbonyl (C=O) groups is 3. The predicted octanol–water partition coefficient (Wildman–Crippen LogP) is 2.86. The zero-order valence-corrected chi connectivity index (χ0v) is 15.6. The van der Waals surface area contributed by atoms with Crippen LogP contribution in [0, 0.1) is 0 Å². The minimum atomic E-state index is -4.49. The highest BCUT2D eigenvalue weighted by Crippen LogP contribution is 2.34. The van der Waals surface area contributed by atoms with E-state index in [-0.39, 0.29) is 12.2 Å². The smallest absolute Gasteiger partial charge is 0.418 e. The van der Waals surface area contributed by atoms with Gasteiger partial charge in [-0.2, -0.15) is 13.2 Å². The molecule has 0 unspecified atom stereocenters. The summed E-state index contributed by atoms with van der Waals surface area (Å²) in [4.78, 5) is 32.3. The first-order chi connectivity index (χ1) is 14.1. The summed E-state index contributed by atoms with van der Waals surface area (Å²) in [7, 11) is 0. The molecule has 10 heteroatoms. The number of nitrogens with one attached hydrogen (secondary N) is 1. The van der Waals surface area contributed by atoms with Gasteiger partial charge in [0.2, 0.25) is 5.91 Å².